The molecule has 1 aromatic rings. The molecule has 0 spiro atoms. The minimum absolute atomic E-state index is 0.191. The lowest BCUT2D eigenvalue weighted by Crippen LogP contribution is -2.35. The zero-order valence-electron chi connectivity index (χ0n) is 9.72. The Morgan fingerprint density at radius 2 is 2.41 bits per heavy atom. The lowest BCUT2D eigenvalue weighted by molar-refractivity contribution is 0.0745. The maximum absolute atomic E-state index is 12.1. The van der Waals surface area contributed by atoms with Gasteiger partial charge in [0.05, 0.1) is 16.5 Å². The Labute approximate surface area is 109 Å². The van der Waals surface area contributed by atoms with Crippen LogP contribution in [-0.2, 0) is 0 Å². The molecule has 0 radical (unpaired) electrons. The number of nitriles is 1. The summed E-state index contributed by atoms with van der Waals surface area (Å²) < 4.78 is 0.563. The molecule has 0 N–H and O–H groups in total. The number of carbonyl (C=O) groups is 1. The molecule has 0 bridgehead atoms. The lowest BCUT2D eigenvalue weighted by atomic mass is 10.2. The topological polar surface area (TPSA) is 69.9 Å². The van der Waals surface area contributed by atoms with Gasteiger partial charge in [0.1, 0.15) is 12.0 Å². The fourth-order valence-electron chi connectivity index (χ4n) is 1.35. The highest BCUT2D eigenvalue weighted by Gasteiger charge is 2.19. The van der Waals surface area contributed by atoms with E-state index in [9.17, 15) is 4.79 Å². The van der Waals surface area contributed by atoms with E-state index in [0.717, 1.165) is 0 Å². The van der Waals surface area contributed by atoms with Gasteiger partial charge < -0.3 is 4.90 Å². The first-order valence-electron chi connectivity index (χ1n) is 5.24. The Hall–Kier alpha value is -1.48. The summed E-state index contributed by atoms with van der Waals surface area (Å²) in [4.78, 5) is 21.5. The first kappa shape index (κ1) is 13.6. The van der Waals surface area contributed by atoms with Crippen molar-refractivity contribution in [3.8, 4) is 6.07 Å². The highest BCUT2D eigenvalue weighted by atomic mass is 79.9. The van der Waals surface area contributed by atoms with E-state index in [0.29, 0.717) is 23.3 Å². The first-order valence-corrected chi connectivity index (χ1v) is 6.03. The van der Waals surface area contributed by atoms with Crippen molar-refractivity contribution in [1.29, 1.82) is 5.26 Å². The predicted molar refractivity (Wildman–Crippen MR) is 66.1 cm³/mol. The summed E-state index contributed by atoms with van der Waals surface area (Å²) in [7, 11) is 0. The van der Waals surface area contributed by atoms with Crippen LogP contribution in [0.4, 0.5) is 0 Å². The van der Waals surface area contributed by atoms with Crippen molar-refractivity contribution in [3.63, 3.8) is 0 Å². The van der Waals surface area contributed by atoms with Gasteiger partial charge in [-0.05, 0) is 29.8 Å². The van der Waals surface area contributed by atoms with E-state index in [1.54, 1.807) is 11.8 Å². The van der Waals surface area contributed by atoms with Crippen molar-refractivity contribution >= 4 is 21.8 Å². The second kappa shape index (κ2) is 6.30. The molecule has 1 aromatic heterocycles. The Balaban J connectivity index is 2.88. The molecule has 0 aromatic carbocycles. The smallest absolute Gasteiger partial charge is 0.273 e. The molecule has 0 aliphatic carbocycles. The Morgan fingerprint density at radius 3 is 2.94 bits per heavy atom. The minimum Gasteiger partial charge on any atom is -0.336 e. The molecule has 17 heavy (non-hydrogen) atoms. The monoisotopic (exact) mass is 296 g/mol. The summed E-state index contributed by atoms with van der Waals surface area (Å²) >= 11 is 3.24. The zero-order valence-corrected chi connectivity index (χ0v) is 11.3. The van der Waals surface area contributed by atoms with Crippen molar-refractivity contribution < 1.29 is 4.79 Å². The molecule has 1 heterocycles. The number of nitrogens with zero attached hydrogens (tertiary/aromatic N) is 4. The largest absolute Gasteiger partial charge is 0.336 e. The van der Waals surface area contributed by atoms with Crippen LogP contribution >= 0.6 is 15.9 Å². The van der Waals surface area contributed by atoms with Gasteiger partial charge in [-0.3, -0.25) is 4.79 Å². The average Bonchev–Trinajstić information content (AvgIpc) is 2.35. The van der Waals surface area contributed by atoms with Gasteiger partial charge in [-0.2, -0.15) is 5.26 Å². The molecular weight excluding hydrogens is 284 g/mol. The maximum atomic E-state index is 12.1. The highest BCUT2D eigenvalue weighted by molar-refractivity contribution is 9.10. The van der Waals surface area contributed by atoms with Gasteiger partial charge in [-0.1, -0.05) is 0 Å². The molecular formula is C11H13BrN4O. The molecule has 0 fully saturated rings. The van der Waals surface area contributed by atoms with E-state index in [-0.39, 0.29) is 11.8 Å². The third-order valence-electron chi connectivity index (χ3n) is 2.25. The van der Waals surface area contributed by atoms with Crippen molar-refractivity contribution in [3.05, 3.63) is 22.7 Å². The van der Waals surface area contributed by atoms with Crippen LogP contribution in [0, 0.1) is 17.2 Å². The van der Waals surface area contributed by atoms with Crippen LogP contribution < -0.4 is 0 Å². The van der Waals surface area contributed by atoms with Gasteiger partial charge in [-0.25, -0.2) is 9.97 Å². The lowest BCUT2D eigenvalue weighted by Gasteiger charge is -2.21. The number of aromatic nitrogens is 2. The van der Waals surface area contributed by atoms with E-state index in [4.69, 9.17) is 5.26 Å². The molecule has 0 aliphatic heterocycles. The predicted octanol–water partition coefficient (Wildman–Crippen LogP) is 1.86. The summed E-state index contributed by atoms with van der Waals surface area (Å²) in [6.45, 7) is 4.60. The van der Waals surface area contributed by atoms with Gasteiger partial charge in [-0.15, -0.1) is 0 Å². The maximum Gasteiger partial charge on any atom is 0.273 e. The normalized spacial score (nSPS) is 11.6. The zero-order chi connectivity index (χ0) is 12.8. The standard InChI is InChI=1S/C11H13BrN4O/c1-3-16(6-8(2)4-13)11(17)10-9(12)5-14-7-15-10/h5,7-8H,3,6H2,1-2H3. The van der Waals surface area contributed by atoms with Crippen LogP contribution in [0.1, 0.15) is 24.3 Å². The van der Waals surface area contributed by atoms with Gasteiger partial charge in [0.25, 0.3) is 5.91 Å². The summed E-state index contributed by atoms with van der Waals surface area (Å²) in [5, 5.41) is 8.76. The van der Waals surface area contributed by atoms with E-state index >= 15 is 0 Å². The van der Waals surface area contributed by atoms with Crippen LogP contribution in [-0.4, -0.2) is 33.9 Å². The SMILES string of the molecule is CCN(CC(C)C#N)C(=O)c1ncncc1Br. The minimum atomic E-state index is -0.195. The van der Waals surface area contributed by atoms with Crippen molar-refractivity contribution in [1.82, 2.24) is 14.9 Å². The summed E-state index contributed by atoms with van der Waals surface area (Å²) in [5.74, 6) is -0.386. The molecule has 1 rings (SSSR count). The molecule has 1 unspecified atom stereocenters. The van der Waals surface area contributed by atoms with Crippen LogP contribution in [0.25, 0.3) is 0 Å². The molecule has 6 heteroatoms. The van der Waals surface area contributed by atoms with Gasteiger partial charge in [0.15, 0.2) is 0 Å². The van der Waals surface area contributed by atoms with E-state index in [2.05, 4.69) is 32.0 Å². The first-order chi connectivity index (χ1) is 8.10. The Bertz CT molecular complexity index is 443. The third-order valence-corrected chi connectivity index (χ3v) is 2.83. The fraction of sp³-hybridized carbons (Fsp3) is 0.455. The van der Waals surface area contributed by atoms with Crippen molar-refractivity contribution in [2.24, 2.45) is 5.92 Å². The highest BCUT2D eigenvalue weighted by Crippen LogP contribution is 2.14. The number of carbonyl (C=O) groups excluding carboxylic acids is 1. The number of rotatable bonds is 4. The van der Waals surface area contributed by atoms with Crippen molar-refractivity contribution in [2.45, 2.75) is 13.8 Å². The van der Waals surface area contributed by atoms with E-state index in [1.807, 2.05) is 6.92 Å². The molecule has 0 aliphatic rings. The summed E-state index contributed by atoms with van der Waals surface area (Å²) in [5.41, 5.74) is 0.326. The molecule has 90 valence electrons. The average molecular weight is 297 g/mol. The number of amides is 1. The second-order valence-electron chi connectivity index (χ2n) is 3.59. The Morgan fingerprint density at radius 1 is 1.71 bits per heavy atom. The van der Waals surface area contributed by atoms with Crippen LogP contribution in [0.2, 0.25) is 0 Å². The fourth-order valence-corrected chi connectivity index (χ4v) is 1.74. The molecule has 0 saturated heterocycles. The third kappa shape index (κ3) is 3.49. The number of hydrogen-bond acceptors (Lipinski definition) is 4. The van der Waals surface area contributed by atoms with Gasteiger partial charge in [0.2, 0.25) is 0 Å². The van der Waals surface area contributed by atoms with Crippen molar-refractivity contribution in [2.75, 3.05) is 13.1 Å². The molecule has 1 atom stereocenters. The van der Waals surface area contributed by atoms with Crippen LogP contribution in [0.5, 0.6) is 0 Å². The quantitative estimate of drug-likeness (QED) is 0.850. The van der Waals surface area contributed by atoms with E-state index < -0.39 is 0 Å². The summed E-state index contributed by atoms with van der Waals surface area (Å²) in [6.07, 6.45) is 2.86. The Kier molecular flexibility index (Phi) is 5.04. The van der Waals surface area contributed by atoms with Gasteiger partial charge in [0, 0.05) is 19.3 Å². The molecule has 5 nitrogen and oxygen atoms in total. The van der Waals surface area contributed by atoms with Gasteiger partial charge >= 0.3 is 0 Å². The molecule has 0 saturated carbocycles. The van der Waals surface area contributed by atoms with Crippen LogP contribution in [0.3, 0.4) is 0 Å². The molecule has 1 amide bonds. The second-order valence-corrected chi connectivity index (χ2v) is 4.45. The van der Waals surface area contributed by atoms with Crippen LogP contribution in [0.15, 0.2) is 17.0 Å². The number of halogens is 1. The number of hydrogen-bond donors (Lipinski definition) is 0. The summed E-state index contributed by atoms with van der Waals surface area (Å²) in [6, 6.07) is 2.11. The van der Waals surface area contributed by atoms with E-state index in [1.165, 1.54) is 12.5 Å².